The minimum atomic E-state index is 0.459. The minimum absolute atomic E-state index is 0.459. The van der Waals surface area contributed by atoms with Gasteiger partial charge in [-0.3, -0.25) is 9.98 Å². The van der Waals surface area contributed by atoms with Crippen LogP contribution in [-0.2, 0) is 25.9 Å². The normalized spacial score (nSPS) is 12.3. The molecule has 4 aromatic rings. The molecule has 0 amide bonds. The number of fused-ring (bicyclic) bond motifs is 1. The van der Waals surface area contributed by atoms with Crippen molar-refractivity contribution >= 4 is 11.4 Å². The molecule has 1 aliphatic heterocycles. The summed E-state index contributed by atoms with van der Waals surface area (Å²) in [7, 11) is 0. The van der Waals surface area contributed by atoms with Crippen molar-refractivity contribution in [3.05, 3.63) is 125 Å². The van der Waals surface area contributed by atoms with Crippen molar-refractivity contribution in [1.82, 2.24) is 4.98 Å². The molecule has 0 atom stereocenters. The van der Waals surface area contributed by atoms with Crippen molar-refractivity contribution in [2.45, 2.75) is 32.8 Å². The van der Waals surface area contributed by atoms with Gasteiger partial charge in [-0.1, -0.05) is 67.6 Å². The number of aryl methyl sites for hydroxylation is 1. The van der Waals surface area contributed by atoms with Crippen molar-refractivity contribution in [1.29, 1.82) is 0 Å². The Morgan fingerprint density at radius 2 is 1.69 bits per heavy atom. The van der Waals surface area contributed by atoms with Gasteiger partial charge in [0.15, 0.2) is 0 Å². The lowest BCUT2D eigenvalue weighted by molar-refractivity contribution is 0.301. The monoisotopic (exact) mass is 418 g/mol. The maximum Gasteiger partial charge on any atom is 0.130 e. The summed E-state index contributed by atoms with van der Waals surface area (Å²) >= 11 is 0. The van der Waals surface area contributed by atoms with Crippen LogP contribution in [0, 0.1) is 0 Å². The summed E-state index contributed by atoms with van der Waals surface area (Å²) in [5.41, 5.74) is 9.34. The van der Waals surface area contributed by atoms with Gasteiger partial charge >= 0.3 is 0 Å². The largest absolute Gasteiger partial charge is 0.487 e. The molecule has 0 saturated heterocycles. The van der Waals surface area contributed by atoms with E-state index in [0.29, 0.717) is 6.61 Å². The standard InChI is InChI=1S/C29H26N2O/c1-2-21-11-13-26(30-19-21)20-32-27-14-12-25-17-28(31-29(25)18-27)24-10-6-9-23(16-24)15-22-7-4-3-5-8-22/h3-14,16,18-19H,2,15,17,20H2,1H3. The van der Waals surface area contributed by atoms with Crippen LogP contribution in [0.4, 0.5) is 5.69 Å². The number of ether oxygens (including phenoxy) is 1. The molecule has 0 N–H and O–H groups in total. The summed E-state index contributed by atoms with van der Waals surface area (Å²) in [5, 5.41) is 0. The van der Waals surface area contributed by atoms with E-state index in [1.807, 2.05) is 24.4 Å². The molecule has 5 rings (SSSR count). The van der Waals surface area contributed by atoms with Crippen LogP contribution < -0.4 is 4.74 Å². The molecule has 3 heteroatoms. The predicted octanol–water partition coefficient (Wildman–Crippen LogP) is 6.49. The summed E-state index contributed by atoms with van der Waals surface area (Å²) < 4.78 is 5.99. The van der Waals surface area contributed by atoms with E-state index in [2.05, 4.69) is 78.6 Å². The lowest BCUT2D eigenvalue weighted by Gasteiger charge is -2.07. The number of nitrogens with zero attached hydrogens (tertiary/aromatic N) is 2. The van der Waals surface area contributed by atoms with Gasteiger partial charge in [-0.2, -0.15) is 0 Å². The fourth-order valence-electron chi connectivity index (χ4n) is 4.02. The molecule has 0 bridgehead atoms. The van der Waals surface area contributed by atoms with Crippen LogP contribution in [-0.4, -0.2) is 10.7 Å². The Bertz CT molecular complexity index is 1240. The molecular formula is C29H26N2O. The van der Waals surface area contributed by atoms with Gasteiger partial charge in [0, 0.05) is 18.7 Å². The topological polar surface area (TPSA) is 34.5 Å². The number of hydrogen-bond donors (Lipinski definition) is 0. The lowest BCUT2D eigenvalue weighted by atomic mass is 9.99. The van der Waals surface area contributed by atoms with Crippen molar-refractivity contribution in [3.63, 3.8) is 0 Å². The molecule has 2 heterocycles. The number of rotatable bonds is 7. The van der Waals surface area contributed by atoms with Crippen LogP contribution in [0.2, 0.25) is 0 Å². The van der Waals surface area contributed by atoms with Gasteiger partial charge in [-0.15, -0.1) is 0 Å². The maximum absolute atomic E-state index is 5.99. The van der Waals surface area contributed by atoms with Gasteiger partial charge < -0.3 is 4.74 Å². The van der Waals surface area contributed by atoms with E-state index in [9.17, 15) is 0 Å². The Morgan fingerprint density at radius 1 is 0.812 bits per heavy atom. The first kappa shape index (κ1) is 20.2. The smallest absolute Gasteiger partial charge is 0.130 e. The second-order valence-corrected chi connectivity index (χ2v) is 8.19. The Hall–Kier alpha value is -3.72. The summed E-state index contributed by atoms with van der Waals surface area (Å²) in [5.74, 6) is 0.827. The molecule has 0 unspecified atom stereocenters. The SMILES string of the molecule is CCc1ccc(COc2ccc3c(c2)N=C(c2cccc(Cc4ccccc4)c2)C3)nc1. The summed E-state index contributed by atoms with van der Waals surface area (Å²) in [4.78, 5) is 9.40. The summed E-state index contributed by atoms with van der Waals surface area (Å²) in [6, 6.07) is 29.7. The first-order valence-electron chi connectivity index (χ1n) is 11.2. The van der Waals surface area contributed by atoms with Gasteiger partial charge in [-0.05, 0) is 58.9 Å². The highest BCUT2D eigenvalue weighted by atomic mass is 16.5. The Morgan fingerprint density at radius 3 is 2.50 bits per heavy atom. The Kier molecular flexibility index (Phi) is 5.80. The van der Waals surface area contributed by atoms with Crippen LogP contribution in [0.3, 0.4) is 0 Å². The quantitative estimate of drug-likeness (QED) is 0.344. The fourth-order valence-corrected chi connectivity index (χ4v) is 4.02. The third-order valence-electron chi connectivity index (χ3n) is 5.86. The van der Waals surface area contributed by atoms with Crippen LogP contribution in [0.25, 0.3) is 0 Å². The zero-order valence-corrected chi connectivity index (χ0v) is 18.3. The summed E-state index contributed by atoms with van der Waals surface area (Å²) in [6.45, 7) is 2.59. The number of pyridine rings is 1. The van der Waals surface area contributed by atoms with Gasteiger partial charge in [0.05, 0.1) is 17.1 Å². The first-order chi connectivity index (χ1) is 15.8. The molecule has 0 aliphatic carbocycles. The zero-order chi connectivity index (χ0) is 21.8. The second-order valence-electron chi connectivity index (χ2n) is 8.19. The van der Waals surface area contributed by atoms with Crippen molar-refractivity contribution in [3.8, 4) is 5.75 Å². The lowest BCUT2D eigenvalue weighted by Crippen LogP contribution is -2.01. The van der Waals surface area contributed by atoms with E-state index >= 15 is 0 Å². The maximum atomic E-state index is 5.99. The first-order valence-corrected chi connectivity index (χ1v) is 11.2. The molecule has 3 aromatic carbocycles. The average Bonchev–Trinajstić information content (AvgIpc) is 3.27. The van der Waals surface area contributed by atoms with E-state index in [0.717, 1.165) is 42.1 Å². The van der Waals surface area contributed by atoms with Gasteiger partial charge in [0.25, 0.3) is 0 Å². The third-order valence-corrected chi connectivity index (χ3v) is 5.86. The molecule has 3 nitrogen and oxygen atoms in total. The third kappa shape index (κ3) is 4.62. The molecule has 0 saturated carbocycles. The van der Waals surface area contributed by atoms with E-state index < -0.39 is 0 Å². The van der Waals surface area contributed by atoms with Crippen LogP contribution in [0.15, 0.2) is 96.1 Å². The second kappa shape index (κ2) is 9.19. The molecular weight excluding hydrogens is 392 g/mol. The highest BCUT2D eigenvalue weighted by molar-refractivity contribution is 6.06. The Balaban J connectivity index is 1.29. The Labute approximate surface area is 189 Å². The van der Waals surface area contributed by atoms with Crippen LogP contribution in [0.5, 0.6) is 5.75 Å². The number of benzene rings is 3. The molecule has 32 heavy (non-hydrogen) atoms. The van der Waals surface area contributed by atoms with Crippen molar-refractivity contribution in [2.75, 3.05) is 0 Å². The number of hydrogen-bond acceptors (Lipinski definition) is 3. The van der Waals surface area contributed by atoms with Crippen molar-refractivity contribution in [2.24, 2.45) is 4.99 Å². The van der Waals surface area contributed by atoms with Crippen molar-refractivity contribution < 1.29 is 4.74 Å². The van der Waals surface area contributed by atoms with E-state index in [1.54, 1.807) is 0 Å². The fraction of sp³-hybridized carbons (Fsp3) is 0.172. The van der Waals surface area contributed by atoms with Crippen LogP contribution in [0.1, 0.15) is 40.4 Å². The predicted molar refractivity (Wildman–Crippen MR) is 130 cm³/mol. The van der Waals surface area contributed by atoms with E-state index in [4.69, 9.17) is 9.73 Å². The molecule has 0 spiro atoms. The summed E-state index contributed by atoms with van der Waals surface area (Å²) in [6.07, 6.45) is 4.70. The van der Waals surface area contributed by atoms with Gasteiger partial charge in [-0.25, -0.2) is 0 Å². The average molecular weight is 419 g/mol. The molecule has 1 aromatic heterocycles. The zero-order valence-electron chi connectivity index (χ0n) is 18.3. The molecule has 0 radical (unpaired) electrons. The highest BCUT2D eigenvalue weighted by Gasteiger charge is 2.17. The number of aliphatic imine (C=N–C) groups is 1. The van der Waals surface area contributed by atoms with Crippen LogP contribution >= 0.6 is 0 Å². The minimum Gasteiger partial charge on any atom is -0.487 e. The van der Waals surface area contributed by atoms with E-state index in [1.165, 1.54) is 27.8 Å². The number of aromatic nitrogens is 1. The van der Waals surface area contributed by atoms with Gasteiger partial charge in [0.1, 0.15) is 12.4 Å². The van der Waals surface area contributed by atoms with E-state index in [-0.39, 0.29) is 0 Å². The molecule has 1 aliphatic rings. The molecule has 158 valence electrons. The highest BCUT2D eigenvalue weighted by Crippen LogP contribution is 2.33. The van der Waals surface area contributed by atoms with Gasteiger partial charge in [0.2, 0.25) is 0 Å². The molecule has 0 fully saturated rings.